The summed E-state index contributed by atoms with van der Waals surface area (Å²) < 4.78 is 5.47. The fraction of sp³-hybridized carbons (Fsp3) is 1.00. The summed E-state index contributed by atoms with van der Waals surface area (Å²) in [7, 11) is 4.11. The first-order chi connectivity index (χ1) is 7.42. The summed E-state index contributed by atoms with van der Waals surface area (Å²) in [5.41, 5.74) is 0.212. The first-order valence-corrected chi connectivity index (χ1v) is 6.10. The van der Waals surface area contributed by atoms with Crippen LogP contribution in [0.4, 0.5) is 0 Å². The Hall–Kier alpha value is -0.160. The zero-order valence-corrected chi connectivity index (χ0v) is 11.6. The van der Waals surface area contributed by atoms with Gasteiger partial charge in [0.1, 0.15) is 0 Å². The number of nitrogens with zero attached hydrogens (tertiary/aromatic N) is 1. The molecule has 0 spiro atoms. The lowest BCUT2D eigenvalue weighted by Gasteiger charge is -2.20. The molecule has 0 rings (SSSR count). The third-order valence-electron chi connectivity index (χ3n) is 2.06. The normalized spacial score (nSPS) is 12.4. The summed E-state index contributed by atoms with van der Waals surface area (Å²) in [5, 5.41) is 6.77. The Morgan fingerprint density at radius 2 is 1.69 bits per heavy atom. The van der Waals surface area contributed by atoms with Crippen molar-refractivity contribution in [1.29, 1.82) is 0 Å². The van der Waals surface area contributed by atoms with E-state index in [0.29, 0.717) is 0 Å². The lowest BCUT2D eigenvalue weighted by molar-refractivity contribution is 0.119. The van der Waals surface area contributed by atoms with Crippen molar-refractivity contribution in [2.45, 2.75) is 26.3 Å². The lowest BCUT2D eigenvalue weighted by atomic mass is 10.1. The van der Waals surface area contributed by atoms with Crippen molar-refractivity contribution in [3.8, 4) is 0 Å². The summed E-state index contributed by atoms with van der Waals surface area (Å²) in [6, 6.07) is 0. The second kappa shape index (κ2) is 8.93. The molecule has 4 heteroatoms. The molecular formula is C12H29N3O. The van der Waals surface area contributed by atoms with Gasteiger partial charge in [0.25, 0.3) is 0 Å². The Morgan fingerprint density at radius 3 is 2.25 bits per heavy atom. The van der Waals surface area contributed by atoms with Crippen LogP contribution in [-0.4, -0.2) is 63.9 Å². The van der Waals surface area contributed by atoms with Crippen LogP contribution < -0.4 is 10.6 Å². The van der Waals surface area contributed by atoms with Gasteiger partial charge in [-0.15, -0.1) is 0 Å². The Morgan fingerprint density at radius 1 is 1.00 bits per heavy atom. The Bertz CT molecular complexity index is 155. The van der Waals surface area contributed by atoms with E-state index in [1.165, 1.54) is 0 Å². The Labute approximate surface area is 101 Å². The van der Waals surface area contributed by atoms with Crippen LogP contribution in [-0.2, 0) is 4.74 Å². The van der Waals surface area contributed by atoms with E-state index < -0.39 is 0 Å². The van der Waals surface area contributed by atoms with Gasteiger partial charge in [0, 0.05) is 31.7 Å². The highest BCUT2D eigenvalue weighted by Gasteiger charge is 2.06. The van der Waals surface area contributed by atoms with E-state index in [0.717, 1.165) is 39.4 Å². The predicted octanol–water partition coefficient (Wildman–Crippen LogP) is 0.542. The highest BCUT2D eigenvalue weighted by Crippen LogP contribution is 1.96. The van der Waals surface area contributed by atoms with Crippen molar-refractivity contribution in [2.75, 3.05) is 53.5 Å². The number of rotatable bonds is 9. The highest BCUT2D eigenvalue weighted by atomic mass is 16.5. The topological polar surface area (TPSA) is 36.5 Å². The van der Waals surface area contributed by atoms with Gasteiger partial charge in [-0.05, 0) is 34.9 Å². The van der Waals surface area contributed by atoms with Crippen LogP contribution in [0.3, 0.4) is 0 Å². The molecule has 0 aliphatic carbocycles. The molecule has 0 aliphatic heterocycles. The summed E-state index contributed by atoms with van der Waals surface area (Å²) in [6.07, 6.45) is 0. The molecule has 0 heterocycles. The van der Waals surface area contributed by atoms with E-state index in [9.17, 15) is 0 Å². The number of hydrogen-bond acceptors (Lipinski definition) is 4. The Balaban J connectivity index is 3.05. The van der Waals surface area contributed by atoms with Crippen molar-refractivity contribution in [3.63, 3.8) is 0 Å². The molecule has 0 amide bonds. The fourth-order valence-electron chi connectivity index (χ4n) is 1.14. The molecule has 4 nitrogen and oxygen atoms in total. The minimum absolute atomic E-state index is 0.212. The number of ether oxygens (including phenoxy) is 1. The van der Waals surface area contributed by atoms with Gasteiger partial charge >= 0.3 is 0 Å². The minimum atomic E-state index is 0.212. The van der Waals surface area contributed by atoms with Crippen LogP contribution in [0.15, 0.2) is 0 Å². The predicted molar refractivity (Wildman–Crippen MR) is 70.0 cm³/mol. The first-order valence-electron chi connectivity index (χ1n) is 6.10. The number of hydrogen-bond donors (Lipinski definition) is 2. The molecule has 0 unspecified atom stereocenters. The van der Waals surface area contributed by atoms with Gasteiger partial charge in [0.05, 0.1) is 13.2 Å². The molecular weight excluding hydrogens is 202 g/mol. The van der Waals surface area contributed by atoms with Crippen LogP contribution >= 0.6 is 0 Å². The SMILES string of the molecule is CN(C)CCOCCNCCNC(C)(C)C. The molecule has 0 fully saturated rings. The molecule has 0 aromatic rings. The van der Waals surface area contributed by atoms with Gasteiger partial charge < -0.3 is 20.3 Å². The summed E-state index contributed by atoms with van der Waals surface area (Å²) in [5.74, 6) is 0. The van der Waals surface area contributed by atoms with Gasteiger partial charge in [-0.25, -0.2) is 0 Å². The summed E-state index contributed by atoms with van der Waals surface area (Å²) in [4.78, 5) is 2.13. The molecule has 0 radical (unpaired) electrons. The fourth-order valence-corrected chi connectivity index (χ4v) is 1.14. The van der Waals surface area contributed by atoms with Crippen molar-refractivity contribution < 1.29 is 4.74 Å². The maximum Gasteiger partial charge on any atom is 0.0593 e. The molecule has 98 valence electrons. The van der Waals surface area contributed by atoms with Crippen LogP contribution in [0.5, 0.6) is 0 Å². The monoisotopic (exact) mass is 231 g/mol. The summed E-state index contributed by atoms with van der Waals surface area (Å²) >= 11 is 0. The van der Waals surface area contributed by atoms with E-state index in [1.54, 1.807) is 0 Å². The largest absolute Gasteiger partial charge is 0.379 e. The van der Waals surface area contributed by atoms with E-state index in [2.05, 4.69) is 50.4 Å². The number of likely N-dealkylation sites (N-methyl/N-ethyl adjacent to an activating group) is 1. The van der Waals surface area contributed by atoms with Gasteiger partial charge in [-0.2, -0.15) is 0 Å². The van der Waals surface area contributed by atoms with Crippen molar-refractivity contribution in [2.24, 2.45) is 0 Å². The third-order valence-corrected chi connectivity index (χ3v) is 2.06. The zero-order chi connectivity index (χ0) is 12.4. The molecule has 16 heavy (non-hydrogen) atoms. The van der Waals surface area contributed by atoms with Gasteiger partial charge in [0.2, 0.25) is 0 Å². The van der Waals surface area contributed by atoms with Crippen molar-refractivity contribution in [3.05, 3.63) is 0 Å². The van der Waals surface area contributed by atoms with Crippen LogP contribution in [0.1, 0.15) is 20.8 Å². The third kappa shape index (κ3) is 13.8. The first kappa shape index (κ1) is 15.8. The minimum Gasteiger partial charge on any atom is -0.379 e. The van der Waals surface area contributed by atoms with E-state index in [4.69, 9.17) is 4.74 Å². The van der Waals surface area contributed by atoms with E-state index >= 15 is 0 Å². The van der Waals surface area contributed by atoms with E-state index in [1.807, 2.05) is 0 Å². The molecule has 0 saturated carbocycles. The second-order valence-electron chi connectivity index (χ2n) is 5.34. The maximum atomic E-state index is 5.47. The molecule has 2 N–H and O–H groups in total. The van der Waals surface area contributed by atoms with Gasteiger partial charge in [0.15, 0.2) is 0 Å². The molecule has 0 aromatic heterocycles. The maximum absolute atomic E-state index is 5.47. The molecule has 0 aromatic carbocycles. The Kier molecular flexibility index (Phi) is 8.84. The van der Waals surface area contributed by atoms with Crippen LogP contribution in [0, 0.1) is 0 Å². The molecule has 0 aliphatic rings. The standard InChI is InChI=1S/C12H29N3O/c1-12(2,3)14-7-6-13-8-10-16-11-9-15(4)5/h13-14H,6-11H2,1-5H3. The molecule has 0 saturated heterocycles. The second-order valence-corrected chi connectivity index (χ2v) is 5.34. The summed E-state index contributed by atoms with van der Waals surface area (Å²) in [6.45, 7) is 12.1. The average Bonchev–Trinajstić information content (AvgIpc) is 2.13. The van der Waals surface area contributed by atoms with Crippen molar-refractivity contribution in [1.82, 2.24) is 15.5 Å². The zero-order valence-electron chi connectivity index (χ0n) is 11.6. The van der Waals surface area contributed by atoms with Crippen LogP contribution in [0.2, 0.25) is 0 Å². The lowest BCUT2D eigenvalue weighted by Crippen LogP contribution is -2.40. The quantitative estimate of drug-likeness (QED) is 0.568. The van der Waals surface area contributed by atoms with Gasteiger partial charge in [-0.3, -0.25) is 0 Å². The van der Waals surface area contributed by atoms with Gasteiger partial charge in [-0.1, -0.05) is 0 Å². The van der Waals surface area contributed by atoms with Crippen molar-refractivity contribution >= 4 is 0 Å². The molecule has 0 atom stereocenters. The molecule has 0 bridgehead atoms. The smallest absolute Gasteiger partial charge is 0.0593 e. The highest BCUT2D eigenvalue weighted by molar-refractivity contribution is 4.70. The van der Waals surface area contributed by atoms with Crippen LogP contribution in [0.25, 0.3) is 0 Å². The van der Waals surface area contributed by atoms with E-state index in [-0.39, 0.29) is 5.54 Å². The number of nitrogens with one attached hydrogen (secondary N) is 2. The average molecular weight is 231 g/mol.